The minimum atomic E-state index is 0.114. The number of hydrogen-bond donors (Lipinski definition) is 1. The lowest BCUT2D eigenvalue weighted by molar-refractivity contribution is 0.123. The van der Waals surface area contributed by atoms with E-state index in [1.165, 1.54) is 31.5 Å². The molecule has 1 aliphatic heterocycles. The van der Waals surface area contributed by atoms with Crippen molar-refractivity contribution in [2.75, 3.05) is 26.2 Å². The summed E-state index contributed by atoms with van der Waals surface area (Å²) in [6, 6.07) is 10.9. The van der Waals surface area contributed by atoms with Gasteiger partial charge in [-0.2, -0.15) is 0 Å². The highest BCUT2D eigenvalue weighted by molar-refractivity contribution is 5.24. The second-order valence-electron chi connectivity index (χ2n) is 6.67. The standard InChI is InChI=1S/C17H26N2/c1-14(15-8-9-15)12-19-11-10-18-17(2,13-19)16-6-4-3-5-7-16/h3-7,14-15,18H,8-13H2,1-2H3. The van der Waals surface area contributed by atoms with Crippen LogP contribution in [0.25, 0.3) is 0 Å². The molecule has 2 unspecified atom stereocenters. The van der Waals surface area contributed by atoms with Crippen molar-refractivity contribution < 1.29 is 0 Å². The second kappa shape index (κ2) is 5.26. The Morgan fingerprint density at radius 2 is 2.05 bits per heavy atom. The lowest BCUT2D eigenvalue weighted by Crippen LogP contribution is -2.57. The number of hydrogen-bond acceptors (Lipinski definition) is 2. The normalized spacial score (nSPS) is 30.2. The Hall–Kier alpha value is -0.860. The summed E-state index contributed by atoms with van der Waals surface area (Å²) >= 11 is 0. The van der Waals surface area contributed by atoms with E-state index in [1.807, 2.05) is 0 Å². The van der Waals surface area contributed by atoms with E-state index in [1.54, 1.807) is 0 Å². The predicted molar refractivity (Wildman–Crippen MR) is 80.1 cm³/mol. The van der Waals surface area contributed by atoms with E-state index in [4.69, 9.17) is 0 Å². The first-order valence-electron chi connectivity index (χ1n) is 7.70. The predicted octanol–water partition coefficient (Wildman–Crippen LogP) is 2.85. The molecule has 1 aliphatic carbocycles. The summed E-state index contributed by atoms with van der Waals surface area (Å²) < 4.78 is 0. The Labute approximate surface area is 117 Å². The molecule has 1 aromatic rings. The van der Waals surface area contributed by atoms with E-state index >= 15 is 0 Å². The van der Waals surface area contributed by atoms with Gasteiger partial charge in [0.1, 0.15) is 0 Å². The highest BCUT2D eigenvalue weighted by Gasteiger charge is 2.35. The lowest BCUT2D eigenvalue weighted by atomic mass is 9.89. The largest absolute Gasteiger partial charge is 0.305 e. The van der Waals surface area contributed by atoms with Gasteiger partial charge in [-0.15, -0.1) is 0 Å². The second-order valence-corrected chi connectivity index (χ2v) is 6.67. The summed E-state index contributed by atoms with van der Waals surface area (Å²) in [5.74, 6) is 1.89. The van der Waals surface area contributed by atoms with Gasteiger partial charge in [-0.05, 0) is 37.2 Å². The lowest BCUT2D eigenvalue weighted by Gasteiger charge is -2.42. The fourth-order valence-electron chi connectivity index (χ4n) is 3.45. The number of nitrogens with zero attached hydrogens (tertiary/aromatic N) is 1. The minimum absolute atomic E-state index is 0.114. The average molecular weight is 258 g/mol. The van der Waals surface area contributed by atoms with Crippen LogP contribution in [0.3, 0.4) is 0 Å². The summed E-state index contributed by atoms with van der Waals surface area (Å²) in [5.41, 5.74) is 1.53. The SMILES string of the molecule is CC(CN1CCNC(C)(c2ccccc2)C1)C1CC1. The summed E-state index contributed by atoms with van der Waals surface area (Å²) in [4.78, 5) is 2.66. The van der Waals surface area contributed by atoms with Gasteiger partial charge in [0.05, 0.1) is 5.54 Å². The van der Waals surface area contributed by atoms with Crippen molar-refractivity contribution >= 4 is 0 Å². The molecular formula is C17H26N2. The van der Waals surface area contributed by atoms with E-state index in [0.717, 1.165) is 24.9 Å². The Morgan fingerprint density at radius 3 is 2.74 bits per heavy atom. The van der Waals surface area contributed by atoms with Crippen LogP contribution in [-0.2, 0) is 5.54 Å². The first-order valence-corrected chi connectivity index (χ1v) is 7.70. The van der Waals surface area contributed by atoms with Crippen LogP contribution >= 0.6 is 0 Å². The van der Waals surface area contributed by atoms with E-state index in [0.29, 0.717) is 0 Å². The van der Waals surface area contributed by atoms with Crippen LogP contribution in [0.15, 0.2) is 30.3 Å². The molecule has 0 aromatic heterocycles. The minimum Gasteiger partial charge on any atom is -0.305 e. The molecule has 1 N–H and O–H groups in total. The molecule has 0 spiro atoms. The topological polar surface area (TPSA) is 15.3 Å². The Bertz CT molecular complexity index is 413. The van der Waals surface area contributed by atoms with Crippen molar-refractivity contribution in [2.24, 2.45) is 11.8 Å². The molecular weight excluding hydrogens is 232 g/mol. The molecule has 2 aliphatic rings. The third-order valence-electron chi connectivity index (χ3n) is 4.87. The number of rotatable bonds is 4. The first-order chi connectivity index (χ1) is 9.17. The van der Waals surface area contributed by atoms with Gasteiger partial charge < -0.3 is 5.32 Å². The van der Waals surface area contributed by atoms with Crippen molar-refractivity contribution in [3.8, 4) is 0 Å². The number of piperazine rings is 1. The third kappa shape index (κ3) is 3.01. The van der Waals surface area contributed by atoms with E-state index in [9.17, 15) is 0 Å². The van der Waals surface area contributed by atoms with Gasteiger partial charge in [-0.3, -0.25) is 4.90 Å². The molecule has 2 heteroatoms. The fraction of sp³-hybridized carbons (Fsp3) is 0.647. The van der Waals surface area contributed by atoms with Crippen molar-refractivity contribution in [1.82, 2.24) is 10.2 Å². The zero-order valence-corrected chi connectivity index (χ0v) is 12.2. The number of benzene rings is 1. The molecule has 2 fully saturated rings. The highest BCUT2D eigenvalue weighted by atomic mass is 15.2. The van der Waals surface area contributed by atoms with Gasteiger partial charge in [0.2, 0.25) is 0 Å². The maximum atomic E-state index is 3.72. The quantitative estimate of drug-likeness (QED) is 0.893. The Morgan fingerprint density at radius 1 is 1.32 bits per heavy atom. The van der Waals surface area contributed by atoms with Gasteiger partial charge in [0.25, 0.3) is 0 Å². The molecule has 3 rings (SSSR count). The van der Waals surface area contributed by atoms with Crippen LogP contribution in [0.1, 0.15) is 32.3 Å². The Kier molecular flexibility index (Phi) is 3.64. The molecule has 1 saturated heterocycles. The third-order valence-corrected chi connectivity index (χ3v) is 4.87. The molecule has 1 aromatic carbocycles. The van der Waals surface area contributed by atoms with Crippen molar-refractivity contribution in [3.05, 3.63) is 35.9 Å². The summed E-state index contributed by atoms with van der Waals surface area (Å²) in [6.45, 7) is 9.47. The van der Waals surface area contributed by atoms with Crippen LogP contribution in [0.5, 0.6) is 0 Å². The molecule has 0 bridgehead atoms. The highest BCUT2D eigenvalue weighted by Crippen LogP contribution is 2.37. The smallest absolute Gasteiger partial charge is 0.0535 e. The molecule has 1 saturated carbocycles. The summed E-state index contributed by atoms with van der Waals surface area (Å²) in [5, 5.41) is 3.72. The average Bonchev–Trinajstić information content (AvgIpc) is 3.24. The van der Waals surface area contributed by atoms with Crippen LogP contribution in [0, 0.1) is 11.8 Å². The zero-order valence-electron chi connectivity index (χ0n) is 12.2. The first kappa shape index (κ1) is 13.1. The summed E-state index contributed by atoms with van der Waals surface area (Å²) in [7, 11) is 0. The Balaban J connectivity index is 1.66. The van der Waals surface area contributed by atoms with E-state index < -0.39 is 0 Å². The van der Waals surface area contributed by atoms with Crippen molar-refractivity contribution in [1.29, 1.82) is 0 Å². The molecule has 2 nitrogen and oxygen atoms in total. The van der Waals surface area contributed by atoms with Crippen molar-refractivity contribution in [3.63, 3.8) is 0 Å². The van der Waals surface area contributed by atoms with Gasteiger partial charge in [-0.1, -0.05) is 37.3 Å². The molecule has 0 radical (unpaired) electrons. The summed E-state index contributed by atoms with van der Waals surface area (Å²) in [6.07, 6.45) is 2.92. The molecule has 19 heavy (non-hydrogen) atoms. The maximum absolute atomic E-state index is 3.72. The fourth-order valence-corrected chi connectivity index (χ4v) is 3.45. The van der Waals surface area contributed by atoms with Crippen LogP contribution in [-0.4, -0.2) is 31.1 Å². The zero-order chi connectivity index (χ0) is 13.3. The van der Waals surface area contributed by atoms with E-state index in [-0.39, 0.29) is 5.54 Å². The molecule has 1 heterocycles. The van der Waals surface area contributed by atoms with Crippen molar-refractivity contribution in [2.45, 2.75) is 32.2 Å². The van der Waals surface area contributed by atoms with Crippen LogP contribution in [0.2, 0.25) is 0 Å². The maximum Gasteiger partial charge on any atom is 0.0535 e. The molecule has 0 amide bonds. The van der Waals surface area contributed by atoms with Crippen LogP contribution in [0.4, 0.5) is 0 Å². The molecule has 104 valence electrons. The molecule has 2 atom stereocenters. The van der Waals surface area contributed by atoms with Gasteiger partial charge in [0.15, 0.2) is 0 Å². The monoisotopic (exact) mass is 258 g/mol. The number of nitrogens with one attached hydrogen (secondary N) is 1. The van der Waals surface area contributed by atoms with E-state index in [2.05, 4.69) is 54.4 Å². The van der Waals surface area contributed by atoms with Gasteiger partial charge >= 0.3 is 0 Å². The van der Waals surface area contributed by atoms with Gasteiger partial charge in [0, 0.05) is 26.2 Å². The van der Waals surface area contributed by atoms with Gasteiger partial charge in [-0.25, -0.2) is 0 Å². The van der Waals surface area contributed by atoms with Crippen LogP contribution < -0.4 is 5.32 Å².